The largest absolute Gasteiger partial charge is 0.383 e. The Kier molecular flexibility index (Phi) is 12.1. The fourth-order valence-corrected chi connectivity index (χ4v) is 4.69. The van der Waals surface area contributed by atoms with E-state index in [-0.39, 0.29) is 23.9 Å². The first-order valence-corrected chi connectivity index (χ1v) is 14.1. The number of aromatic nitrogens is 3. The van der Waals surface area contributed by atoms with Gasteiger partial charge in [-0.1, -0.05) is 44.0 Å². The summed E-state index contributed by atoms with van der Waals surface area (Å²) in [5.41, 5.74) is 8.07. The molecular formula is C29H43N8O3. The van der Waals surface area contributed by atoms with Crippen molar-refractivity contribution in [2.24, 2.45) is 11.7 Å². The Morgan fingerprint density at radius 2 is 1.70 bits per heavy atom. The van der Waals surface area contributed by atoms with Crippen LogP contribution in [0.3, 0.4) is 0 Å². The molecule has 1 aromatic heterocycles. The number of carbonyl (C=O) groups is 3. The summed E-state index contributed by atoms with van der Waals surface area (Å²) >= 11 is 0. The molecule has 0 saturated heterocycles. The zero-order valence-electron chi connectivity index (χ0n) is 23.6. The van der Waals surface area contributed by atoms with E-state index in [2.05, 4.69) is 47.0 Å². The average molecular weight is 552 g/mol. The van der Waals surface area contributed by atoms with Gasteiger partial charge in [-0.05, 0) is 62.8 Å². The molecule has 2 aromatic rings. The number of carbonyl (C=O) groups excluding carboxylic acids is 3. The Morgan fingerprint density at radius 1 is 1.00 bits per heavy atom. The Bertz CT molecular complexity index is 1110. The Balaban J connectivity index is 1.50. The van der Waals surface area contributed by atoms with Gasteiger partial charge in [0, 0.05) is 37.5 Å². The third-order valence-corrected chi connectivity index (χ3v) is 6.97. The van der Waals surface area contributed by atoms with Crippen molar-refractivity contribution in [3.63, 3.8) is 0 Å². The van der Waals surface area contributed by atoms with Crippen molar-refractivity contribution in [3.8, 4) is 0 Å². The number of urea groups is 1. The van der Waals surface area contributed by atoms with Crippen LogP contribution in [0.15, 0.2) is 42.6 Å². The quantitative estimate of drug-likeness (QED) is 0.164. The molecule has 217 valence electrons. The predicted octanol–water partition coefficient (Wildman–Crippen LogP) is 3.33. The standard InChI is InChI=1S/C29H43N8O3/c1-21(2)28(31-16-6-4-5-7-18-36-26(38)14-15-27(36)39)25-20-37(35-34-25)24(9-8-17-32-29(30)40)19-33-23-12-10-22(3)11-13-23/h10-15,20-21,24,28,31,33H,3-9,16-19H2,1-2H3,(H3,30,32,40)/t24-,28-/m0/s1. The molecule has 11 heteroatoms. The molecule has 1 aromatic carbocycles. The number of nitrogens with zero attached hydrogens (tertiary/aromatic N) is 4. The molecule has 2 heterocycles. The maximum atomic E-state index is 11.6. The number of nitrogens with one attached hydrogen (secondary N) is 3. The molecule has 3 rings (SSSR count). The highest BCUT2D eigenvalue weighted by molar-refractivity contribution is 6.12. The predicted molar refractivity (Wildman–Crippen MR) is 155 cm³/mol. The minimum absolute atomic E-state index is 0.0349. The van der Waals surface area contributed by atoms with Crippen molar-refractivity contribution >= 4 is 23.5 Å². The summed E-state index contributed by atoms with van der Waals surface area (Å²) in [5, 5.41) is 18.8. The fourth-order valence-electron chi connectivity index (χ4n) is 4.69. The van der Waals surface area contributed by atoms with Crippen LogP contribution in [-0.2, 0) is 9.59 Å². The number of benzene rings is 1. The normalized spacial score (nSPS) is 14.7. The van der Waals surface area contributed by atoms with Gasteiger partial charge in [0.15, 0.2) is 0 Å². The second-order valence-corrected chi connectivity index (χ2v) is 10.5. The first-order valence-electron chi connectivity index (χ1n) is 14.1. The molecule has 1 aliphatic heterocycles. The lowest BCUT2D eigenvalue weighted by Gasteiger charge is -2.21. The highest BCUT2D eigenvalue weighted by atomic mass is 16.2. The number of unbranched alkanes of at least 4 members (excludes halogenated alkanes) is 3. The van der Waals surface area contributed by atoms with E-state index in [4.69, 9.17) is 5.73 Å². The number of primary amides is 1. The molecule has 4 amide bonds. The number of amides is 4. The molecule has 0 bridgehead atoms. The second-order valence-electron chi connectivity index (χ2n) is 10.5. The van der Waals surface area contributed by atoms with Gasteiger partial charge in [0.25, 0.3) is 11.8 Å². The third-order valence-electron chi connectivity index (χ3n) is 6.97. The number of nitrogens with two attached hydrogens (primary N) is 1. The molecule has 11 nitrogen and oxygen atoms in total. The van der Waals surface area contributed by atoms with Crippen LogP contribution in [0.2, 0.25) is 0 Å². The Labute approximate surface area is 236 Å². The summed E-state index contributed by atoms with van der Waals surface area (Å²) in [6, 6.07) is 7.51. The Morgan fingerprint density at radius 3 is 2.38 bits per heavy atom. The first kappa shape index (κ1) is 30.8. The number of imide groups is 1. The molecule has 0 saturated carbocycles. The lowest BCUT2D eigenvalue weighted by atomic mass is 10.0. The molecule has 0 unspecified atom stereocenters. The lowest BCUT2D eigenvalue weighted by molar-refractivity contribution is -0.136. The molecule has 1 aliphatic rings. The topological polar surface area (TPSA) is 147 Å². The monoisotopic (exact) mass is 551 g/mol. The summed E-state index contributed by atoms with van der Waals surface area (Å²) in [7, 11) is 0. The highest BCUT2D eigenvalue weighted by Crippen LogP contribution is 2.22. The number of anilines is 1. The van der Waals surface area contributed by atoms with Gasteiger partial charge in [-0.15, -0.1) is 5.10 Å². The Hall–Kier alpha value is -3.73. The summed E-state index contributed by atoms with van der Waals surface area (Å²) in [5.74, 6) is -0.109. The van der Waals surface area contributed by atoms with E-state index in [0.717, 1.165) is 62.0 Å². The van der Waals surface area contributed by atoms with E-state index in [1.807, 2.05) is 35.1 Å². The van der Waals surface area contributed by atoms with E-state index in [0.29, 0.717) is 25.6 Å². The lowest BCUT2D eigenvalue weighted by Crippen LogP contribution is -2.30. The van der Waals surface area contributed by atoms with Gasteiger partial charge in [0.05, 0.1) is 24.0 Å². The van der Waals surface area contributed by atoms with Crippen LogP contribution in [0.25, 0.3) is 0 Å². The van der Waals surface area contributed by atoms with Crippen molar-refractivity contribution in [1.82, 2.24) is 30.5 Å². The highest BCUT2D eigenvalue weighted by Gasteiger charge is 2.23. The van der Waals surface area contributed by atoms with Crippen LogP contribution in [0, 0.1) is 12.8 Å². The zero-order valence-corrected chi connectivity index (χ0v) is 23.6. The van der Waals surface area contributed by atoms with Gasteiger partial charge in [-0.25, -0.2) is 9.48 Å². The second kappa shape index (κ2) is 15.8. The van der Waals surface area contributed by atoms with E-state index in [9.17, 15) is 14.4 Å². The minimum atomic E-state index is -0.522. The molecule has 1 radical (unpaired) electrons. The number of hydrogen-bond acceptors (Lipinski definition) is 7. The number of rotatable bonds is 18. The molecular weight excluding hydrogens is 508 g/mol. The van der Waals surface area contributed by atoms with Crippen molar-refractivity contribution in [2.45, 2.75) is 64.5 Å². The van der Waals surface area contributed by atoms with Crippen LogP contribution in [0.1, 0.15) is 75.7 Å². The molecule has 0 fully saturated rings. The van der Waals surface area contributed by atoms with Gasteiger partial charge in [0.2, 0.25) is 0 Å². The minimum Gasteiger partial charge on any atom is -0.383 e. The molecule has 2 atom stereocenters. The summed E-state index contributed by atoms with van der Waals surface area (Å²) < 4.78 is 1.91. The average Bonchev–Trinajstić information content (AvgIpc) is 3.52. The molecule has 0 spiro atoms. The molecule has 40 heavy (non-hydrogen) atoms. The van der Waals surface area contributed by atoms with Crippen LogP contribution in [0.4, 0.5) is 10.5 Å². The van der Waals surface area contributed by atoms with Crippen LogP contribution in [-0.4, -0.2) is 63.9 Å². The first-order chi connectivity index (χ1) is 19.2. The van der Waals surface area contributed by atoms with E-state index < -0.39 is 6.03 Å². The van der Waals surface area contributed by atoms with Crippen LogP contribution < -0.4 is 21.7 Å². The molecule has 5 N–H and O–H groups in total. The molecule has 0 aliphatic carbocycles. The third kappa shape index (κ3) is 9.78. The summed E-state index contributed by atoms with van der Waals surface area (Å²) in [6.45, 7) is 10.7. The van der Waals surface area contributed by atoms with Crippen molar-refractivity contribution in [3.05, 3.63) is 60.8 Å². The van der Waals surface area contributed by atoms with E-state index >= 15 is 0 Å². The van der Waals surface area contributed by atoms with E-state index in [1.54, 1.807) is 0 Å². The maximum absolute atomic E-state index is 11.6. The zero-order chi connectivity index (χ0) is 28.9. The SMILES string of the molecule is [CH2]c1ccc(NC[C@H](CCCNC(N)=O)n2cc([C@@H](NCCCCCCN3C(=O)C=CC3=O)C(C)C)nn2)cc1. The van der Waals surface area contributed by atoms with Gasteiger partial charge in [-0.3, -0.25) is 14.5 Å². The van der Waals surface area contributed by atoms with Crippen molar-refractivity contribution < 1.29 is 14.4 Å². The van der Waals surface area contributed by atoms with Gasteiger partial charge >= 0.3 is 6.03 Å². The van der Waals surface area contributed by atoms with Gasteiger partial charge in [0.1, 0.15) is 0 Å². The van der Waals surface area contributed by atoms with Crippen LogP contribution in [0.5, 0.6) is 0 Å². The fraction of sp³-hybridized carbons (Fsp3) is 0.517. The maximum Gasteiger partial charge on any atom is 0.312 e. The summed E-state index contributed by atoms with van der Waals surface area (Å²) in [6.07, 6.45) is 9.98. The van der Waals surface area contributed by atoms with Gasteiger partial charge in [-0.2, -0.15) is 0 Å². The van der Waals surface area contributed by atoms with E-state index in [1.165, 1.54) is 17.1 Å². The smallest absolute Gasteiger partial charge is 0.312 e. The summed E-state index contributed by atoms with van der Waals surface area (Å²) in [4.78, 5) is 35.6. The van der Waals surface area contributed by atoms with Crippen LogP contribution >= 0.6 is 0 Å². The number of hydrogen-bond donors (Lipinski definition) is 4. The van der Waals surface area contributed by atoms with Crippen molar-refractivity contribution in [2.75, 3.05) is 31.5 Å². The van der Waals surface area contributed by atoms with Crippen molar-refractivity contribution in [1.29, 1.82) is 0 Å². The van der Waals surface area contributed by atoms with Gasteiger partial charge < -0.3 is 21.7 Å².